The molecule has 0 heterocycles. The standard InChI is InChI=1S/C16H26N2O/c1-12(2)11-13(3)18(4)16(19)10-7-14-5-8-15(17)9-6-14/h5-6,8-9,12-13H,7,10-11,17H2,1-4H3. The number of nitrogens with two attached hydrogens (primary N) is 1. The fourth-order valence-corrected chi connectivity index (χ4v) is 2.20. The fourth-order valence-electron chi connectivity index (χ4n) is 2.20. The lowest BCUT2D eigenvalue weighted by atomic mass is 10.0. The van der Waals surface area contributed by atoms with Crippen molar-refractivity contribution in [3.05, 3.63) is 29.8 Å². The summed E-state index contributed by atoms with van der Waals surface area (Å²) in [5, 5.41) is 0. The Bertz CT molecular complexity index is 398. The number of amides is 1. The molecule has 0 saturated carbocycles. The molecule has 0 aromatic heterocycles. The quantitative estimate of drug-likeness (QED) is 0.801. The number of carbonyl (C=O) groups is 1. The van der Waals surface area contributed by atoms with Gasteiger partial charge in [0.25, 0.3) is 0 Å². The number of carbonyl (C=O) groups excluding carboxylic acids is 1. The summed E-state index contributed by atoms with van der Waals surface area (Å²) < 4.78 is 0. The molecule has 0 aliphatic heterocycles. The number of rotatable bonds is 6. The predicted molar refractivity (Wildman–Crippen MR) is 80.9 cm³/mol. The third-order valence-electron chi connectivity index (χ3n) is 3.47. The van der Waals surface area contributed by atoms with E-state index in [0.29, 0.717) is 18.4 Å². The molecule has 0 fully saturated rings. The topological polar surface area (TPSA) is 46.3 Å². The van der Waals surface area contributed by atoms with Gasteiger partial charge >= 0.3 is 0 Å². The van der Waals surface area contributed by atoms with Gasteiger partial charge in [-0.25, -0.2) is 0 Å². The zero-order chi connectivity index (χ0) is 14.4. The van der Waals surface area contributed by atoms with Gasteiger partial charge in [-0.1, -0.05) is 26.0 Å². The van der Waals surface area contributed by atoms with E-state index in [1.54, 1.807) is 0 Å². The first-order chi connectivity index (χ1) is 8.90. The van der Waals surface area contributed by atoms with E-state index in [4.69, 9.17) is 5.73 Å². The third-order valence-corrected chi connectivity index (χ3v) is 3.47. The van der Waals surface area contributed by atoms with Gasteiger partial charge in [-0.3, -0.25) is 4.79 Å². The summed E-state index contributed by atoms with van der Waals surface area (Å²) in [6, 6.07) is 8.04. The van der Waals surface area contributed by atoms with Crippen LogP contribution in [0.15, 0.2) is 24.3 Å². The number of benzene rings is 1. The number of nitrogen functional groups attached to an aromatic ring is 1. The Morgan fingerprint density at radius 3 is 2.32 bits per heavy atom. The van der Waals surface area contributed by atoms with Gasteiger partial charge in [-0.15, -0.1) is 0 Å². The molecule has 3 heteroatoms. The summed E-state index contributed by atoms with van der Waals surface area (Å²) in [4.78, 5) is 14.0. The van der Waals surface area contributed by atoms with Gasteiger partial charge < -0.3 is 10.6 Å². The van der Waals surface area contributed by atoms with Gasteiger partial charge in [0.2, 0.25) is 5.91 Å². The number of aryl methyl sites for hydroxylation is 1. The van der Waals surface area contributed by atoms with Crippen LogP contribution in [0.3, 0.4) is 0 Å². The van der Waals surface area contributed by atoms with Crippen molar-refractivity contribution in [1.82, 2.24) is 4.90 Å². The van der Waals surface area contributed by atoms with Crippen molar-refractivity contribution in [1.29, 1.82) is 0 Å². The van der Waals surface area contributed by atoms with Gasteiger partial charge in [0.1, 0.15) is 0 Å². The average Bonchev–Trinajstić information content (AvgIpc) is 2.36. The van der Waals surface area contributed by atoms with Crippen LogP contribution < -0.4 is 5.73 Å². The lowest BCUT2D eigenvalue weighted by molar-refractivity contribution is -0.131. The van der Waals surface area contributed by atoms with E-state index < -0.39 is 0 Å². The molecule has 106 valence electrons. The summed E-state index contributed by atoms with van der Waals surface area (Å²) in [7, 11) is 1.90. The van der Waals surface area contributed by atoms with Gasteiger partial charge in [0.15, 0.2) is 0 Å². The zero-order valence-electron chi connectivity index (χ0n) is 12.5. The van der Waals surface area contributed by atoms with E-state index in [1.807, 2.05) is 36.2 Å². The molecule has 0 spiro atoms. The smallest absolute Gasteiger partial charge is 0.222 e. The van der Waals surface area contributed by atoms with E-state index in [2.05, 4.69) is 20.8 Å². The van der Waals surface area contributed by atoms with Crippen molar-refractivity contribution in [3.8, 4) is 0 Å². The highest BCUT2D eigenvalue weighted by Crippen LogP contribution is 2.12. The summed E-state index contributed by atoms with van der Waals surface area (Å²) in [6.07, 6.45) is 2.38. The Morgan fingerprint density at radius 1 is 1.21 bits per heavy atom. The average molecular weight is 262 g/mol. The number of nitrogens with zero attached hydrogens (tertiary/aromatic N) is 1. The van der Waals surface area contributed by atoms with Crippen molar-refractivity contribution in [2.24, 2.45) is 5.92 Å². The Hall–Kier alpha value is -1.51. The molecule has 2 N–H and O–H groups in total. The first kappa shape index (κ1) is 15.5. The first-order valence-electron chi connectivity index (χ1n) is 7.00. The molecule has 0 aliphatic carbocycles. The number of hydrogen-bond acceptors (Lipinski definition) is 2. The maximum Gasteiger partial charge on any atom is 0.222 e. The molecule has 1 rings (SSSR count). The Balaban J connectivity index is 2.44. The minimum absolute atomic E-state index is 0.213. The number of anilines is 1. The highest BCUT2D eigenvalue weighted by Gasteiger charge is 2.16. The van der Waals surface area contributed by atoms with Crippen LogP contribution in [0.5, 0.6) is 0 Å². The van der Waals surface area contributed by atoms with Crippen LogP contribution >= 0.6 is 0 Å². The Morgan fingerprint density at radius 2 is 1.79 bits per heavy atom. The molecule has 1 unspecified atom stereocenters. The van der Waals surface area contributed by atoms with Crippen LogP contribution in [0.1, 0.15) is 39.2 Å². The minimum Gasteiger partial charge on any atom is -0.399 e. The largest absolute Gasteiger partial charge is 0.399 e. The SMILES string of the molecule is CC(C)CC(C)N(C)C(=O)CCc1ccc(N)cc1. The van der Waals surface area contributed by atoms with Crippen LogP contribution in [0.4, 0.5) is 5.69 Å². The molecule has 19 heavy (non-hydrogen) atoms. The van der Waals surface area contributed by atoms with Crippen LogP contribution in [0.2, 0.25) is 0 Å². The molecule has 3 nitrogen and oxygen atoms in total. The van der Waals surface area contributed by atoms with Crippen LogP contribution in [0.25, 0.3) is 0 Å². The number of hydrogen-bond donors (Lipinski definition) is 1. The van der Waals surface area contributed by atoms with Crippen molar-refractivity contribution in [2.45, 2.75) is 46.1 Å². The van der Waals surface area contributed by atoms with Crippen LogP contribution in [0, 0.1) is 5.92 Å². The lowest BCUT2D eigenvalue weighted by Gasteiger charge is -2.26. The van der Waals surface area contributed by atoms with E-state index >= 15 is 0 Å². The molecular formula is C16H26N2O. The molecule has 1 atom stereocenters. The molecule has 1 aromatic carbocycles. The summed E-state index contributed by atoms with van der Waals surface area (Å²) in [5.74, 6) is 0.826. The molecular weight excluding hydrogens is 236 g/mol. The Labute approximate surface area is 116 Å². The second-order valence-corrected chi connectivity index (χ2v) is 5.72. The highest BCUT2D eigenvalue weighted by molar-refractivity contribution is 5.76. The van der Waals surface area contributed by atoms with E-state index in [-0.39, 0.29) is 5.91 Å². The maximum atomic E-state index is 12.1. The van der Waals surface area contributed by atoms with Gasteiger partial charge in [-0.2, -0.15) is 0 Å². The normalized spacial score (nSPS) is 12.5. The van der Waals surface area contributed by atoms with Gasteiger partial charge in [-0.05, 0) is 43.4 Å². The van der Waals surface area contributed by atoms with Crippen molar-refractivity contribution >= 4 is 11.6 Å². The molecule has 1 amide bonds. The molecule has 0 saturated heterocycles. The van der Waals surface area contributed by atoms with Crippen molar-refractivity contribution in [2.75, 3.05) is 12.8 Å². The predicted octanol–water partition coefficient (Wildman–Crippen LogP) is 3.09. The van der Waals surface area contributed by atoms with Gasteiger partial charge in [0.05, 0.1) is 0 Å². The Kier molecular flexibility index (Phi) is 5.87. The van der Waals surface area contributed by atoms with Crippen LogP contribution in [-0.2, 0) is 11.2 Å². The lowest BCUT2D eigenvalue weighted by Crippen LogP contribution is -2.36. The van der Waals surface area contributed by atoms with Gasteiger partial charge in [0, 0.05) is 25.2 Å². The van der Waals surface area contributed by atoms with E-state index in [1.165, 1.54) is 0 Å². The van der Waals surface area contributed by atoms with Crippen molar-refractivity contribution in [3.63, 3.8) is 0 Å². The zero-order valence-corrected chi connectivity index (χ0v) is 12.5. The van der Waals surface area contributed by atoms with E-state index in [0.717, 1.165) is 24.1 Å². The van der Waals surface area contributed by atoms with Crippen molar-refractivity contribution < 1.29 is 4.79 Å². The third kappa shape index (κ3) is 5.33. The molecule has 1 aromatic rings. The fraction of sp³-hybridized carbons (Fsp3) is 0.562. The second-order valence-electron chi connectivity index (χ2n) is 5.72. The monoisotopic (exact) mass is 262 g/mol. The maximum absolute atomic E-state index is 12.1. The van der Waals surface area contributed by atoms with E-state index in [9.17, 15) is 4.79 Å². The molecule has 0 aliphatic rings. The minimum atomic E-state index is 0.213. The molecule has 0 bridgehead atoms. The second kappa shape index (κ2) is 7.17. The summed E-state index contributed by atoms with van der Waals surface area (Å²) in [5.41, 5.74) is 7.56. The molecule has 0 radical (unpaired) electrons. The first-order valence-corrected chi connectivity index (χ1v) is 7.00. The summed E-state index contributed by atoms with van der Waals surface area (Å²) >= 11 is 0. The summed E-state index contributed by atoms with van der Waals surface area (Å²) in [6.45, 7) is 6.48. The highest BCUT2D eigenvalue weighted by atomic mass is 16.2. The van der Waals surface area contributed by atoms with Crippen LogP contribution in [-0.4, -0.2) is 23.9 Å².